The van der Waals surface area contributed by atoms with Crippen LogP contribution in [0.1, 0.15) is 10.5 Å². The molecular weight excluding hydrogens is 264 g/mol. The standard InChI is InChI=1S/C9H5ClN4O4/c10-5-1-2-6(12-8(5)9(15)16)13-3-7(11-4-13)14(17)18/h1-4H,(H,15,16). The molecule has 0 aromatic carbocycles. The molecule has 0 aliphatic carbocycles. The fourth-order valence-electron chi connectivity index (χ4n) is 1.26. The zero-order chi connectivity index (χ0) is 13.3. The molecule has 0 radical (unpaired) electrons. The topological polar surface area (TPSA) is 111 Å². The summed E-state index contributed by atoms with van der Waals surface area (Å²) in [4.78, 5) is 28.0. The van der Waals surface area contributed by atoms with Gasteiger partial charge in [-0.05, 0) is 22.0 Å². The second-order valence-corrected chi connectivity index (χ2v) is 3.61. The minimum absolute atomic E-state index is 0.0131. The van der Waals surface area contributed by atoms with Crippen LogP contribution in [0.15, 0.2) is 24.7 Å². The number of carboxylic acid groups (broad SMARTS) is 1. The van der Waals surface area contributed by atoms with E-state index in [-0.39, 0.29) is 22.4 Å². The maximum Gasteiger partial charge on any atom is 0.381 e. The SMILES string of the molecule is O=C(O)c1nc(-n2cnc([N+](=O)[O-])c2)ccc1Cl. The fraction of sp³-hybridized carbons (Fsp3) is 0. The average molecular weight is 269 g/mol. The van der Waals surface area contributed by atoms with Gasteiger partial charge in [-0.2, -0.15) is 0 Å². The van der Waals surface area contributed by atoms with Gasteiger partial charge in [0, 0.05) is 0 Å². The zero-order valence-electron chi connectivity index (χ0n) is 8.65. The number of imidazole rings is 1. The van der Waals surface area contributed by atoms with E-state index in [4.69, 9.17) is 16.7 Å². The molecule has 0 spiro atoms. The molecule has 2 heterocycles. The number of hydrogen-bond donors (Lipinski definition) is 1. The van der Waals surface area contributed by atoms with Gasteiger partial charge < -0.3 is 15.2 Å². The summed E-state index contributed by atoms with van der Waals surface area (Å²) in [5.74, 6) is -1.46. The van der Waals surface area contributed by atoms with Crippen molar-refractivity contribution in [3.8, 4) is 5.82 Å². The van der Waals surface area contributed by atoms with Gasteiger partial charge in [0.15, 0.2) is 5.69 Å². The average Bonchev–Trinajstić information content (AvgIpc) is 2.78. The number of hydrogen-bond acceptors (Lipinski definition) is 5. The molecule has 0 unspecified atom stereocenters. The second kappa shape index (κ2) is 4.41. The highest BCUT2D eigenvalue weighted by Gasteiger charge is 2.15. The Hall–Kier alpha value is -2.48. The molecule has 2 aromatic heterocycles. The minimum atomic E-state index is -1.28. The predicted molar refractivity (Wildman–Crippen MR) is 60.0 cm³/mol. The highest BCUT2D eigenvalue weighted by Crippen LogP contribution is 2.17. The lowest BCUT2D eigenvalue weighted by atomic mass is 10.3. The molecule has 2 aromatic rings. The summed E-state index contributed by atoms with van der Waals surface area (Å²) in [7, 11) is 0. The zero-order valence-corrected chi connectivity index (χ0v) is 9.40. The van der Waals surface area contributed by atoms with Gasteiger partial charge in [0.05, 0.1) is 5.02 Å². The first-order valence-electron chi connectivity index (χ1n) is 4.57. The van der Waals surface area contributed by atoms with Crippen molar-refractivity contribution in [3.05, 3.63) is 45.5 Å². The molecule has 0 fully saturated rings. The number of nitro groups is 1. The summed E-state index contributed by atoms with van der Waals surface area (Å²) in [6.45, 7) is 0. The molecule has 0 saturated heterocycles. The van der Waals surface area contributed by atoms with Crippen molar-refractivity contribution in [2.45, 2.75) is 0 Å². The van der Waals surface area contributed by atoms with E-state index in [0.29, 0.717) is 0 Å². The van der Waals surface area contributed by atoms with E-state index in [2.05, 4.69) is 9.97 Å². The maximum absolute atomic E-state index is 10.8. The molecule has 8 nitrogen and oxygen atoms in total. The van der Waals surface area contributed by atoms with Crippen LogP contribution in [-0.4, -0.2) is 30.5 Å². The highest BCUT2D eigenvalue weighted by molar-refractivity contribution is 6.33. The Kier molecular flexibility index (Phi) is 2.94. The number of rotatable bonds is 3. The van der Waals surface area contributed by atoms with Crippen LogP contribution in [0.4, 0.5) is 5.82 Å². The number of aromatic nitrogens is 3. The van der Waals surface area contributed by atoms with Crippen LogP contribution in [-0.2, 0) is 0 Å². The van der Waals surface area contributed by atoms with Gasteiger partial charge in [-0.1, -0.05) is 11.6 Å². The second-order valence-electron chi connectivity index (χ2n) is 3.20. The Labute approximate surface area is 105 Å². The quantitative estimate of drug-likeness (QED) is 0.667. The molecule has 1 N–H and O–H groups in total. The lowest BCUT2D eigenvalue weighted by molar-refractivity contribution is -0.389. The first-order chi connectivity index (χ1) is 8.49. The van der Waals surface area contributed by atoms with Gasteiger partial charge in [-0.25, -0.2) is 9.78 Å². The van der Waals surface area contributed by atoms with Crippen molar-refractivity contribution >= 4 is 23.4 Å². The van der Waals surface area contributed by atoms with E-state index in [1.54, 1.807) is 0 Å². The number of nitrogens with zero attached hydrogens (tertiary/aromatic N) is 4. The lowest BCUT2D eigenvalue weighted by Crippen LogP contribution is -2.05. The van der Waals surface area contributed by atoms with Crippen LogP contribution in [0.2, 0.25) is 5.02 Å². The lowest BCUT2D eigenvalue weighted by Gasteiger charge is -2.02. The van der Waals surface area contributed by atoms with Crippen LogP contribution in [0, 0.1) is 10.1 Å². The van der Waals surface area contributed by atoms with Gasteiger partial charge >= 0.3 is 11.8 Å². The monoisotopic (exact) mass is 268 g/mol. The molecule has 18 heavy (non-hydrogen) atoms. The summed E-state index contributed by atoms with van der Waals surface area (Å²) >= 11 is 5.66. The summed E-state index contributed by atoms with van der Waals surface area (Å²) in [6, 6.07) is 2.78. The number of aromatic carboxylic acids is 1. The molecule has 0 saturated carbocycles. The third-order valence-corrected chi connectivity index (χ3v) is 2.36. The summed E-state index contributed by atoms with van der Waals surface area (Å²) in [6.07, 6.45) is 2.29. The van der Waals surface area contributed by atoms with Crippen LogP contribution in [0.5, 0.6) is 0 Å². The molecule has 0 amide bonds. The largest absolute Gasteiger partial charge is 0.476 e. The third kappa shape index (κ3) is 2.13. The maximum atomic E-state index is 10.8. The number of carbonyl (C=O) groups is 1. The van der Waals surface area contributed by atoms with Crippen LogP contribution >= 0.6 is 11.6 Å². The Morgan fingerprint density at radius 2 is 2.22 bits per heavy atom. The molecule has 0 bridgehead atoms. The minimum Gasteiger partial charge on any atom is -0.476 e. The van der Waals surface area contributed by atoms with Gasteiger partial charge in [0.1, 0.15) is 12.0 Å². The smallest absolute Gasteiger partial charge is 0.381 e. The fourth-order valence-corrected chi connectivity index (χ4v) is 1.44. The van der Waals surface area contributed by atoms with Gasteiger partial charge in [-0.3, -0.25) is 4.57 Å². The predicted octanol–water partition coefficient (Wildman–Crippen LogP) is 1.53. The normalized spacial score (nSPS) is 10.3. The number of carboxylic acids is 1. The highest BCUT2D eigenvalue weighted by atomic mass is 35.5. The van der Waals surface area contributed by atoms with Gasteiger partial charge in [0.2, 0.25) is 6.33 Å². The molecule has 0 aliphatic heterocycles. The molecule has 92 valence electrons. The number of pyridine rings is 1. The van der Waals surface area contributed by atoms with Crippen molar-refractivity contribution in [3.63, 3.8) is 0 Å². The first kappa shape index (κ1) is 12.0. The van der Waals surface area contributed by atoms with E-state index < -0.39 is 10.9 Å². The van der Waals surface area contributed by atoms with Crippen LogP contribution in [0.3, 0.4) is 0 Å². The van der Waals surface area contributed by atoms with E-state index in [0.717, 1.165) is 6.20 Å². The van der Waals surface area contributed by atoms with Crippen molar-refractivity contribution in [2.24, 2.45) is 0 Å². The van der Waals surface area contributed by atoms with Crippen molar-refractivity contribution < 1.29 is 14.8 Å². The molecule has 0 aliphatic rings. The van der Waals surface area contributed by atoms with E-state index in [9.17, 15) is 14.9 Å². The molecule has 0 atom stereocenters. The van der Waals surface area contributed by atoms with Crippen LogP contribution < -0.4 is 0 Å². The summed E-state index contributed by atoms with van der Waals surface area (Å²) in [5, 5.41) is 19.3. The number of halogens is 1. The first-order valence-corrected chi connectivity index (χ1v) is 4.95. The summed E-state index contributed by atoms with van der Waals surface area (Å²) in [5.41, 5.74) is -0.328. The third-order valence-electron chi connectivity index (χ3n) is 2.05. The van der Waals surface area contributed by atoms with Crippen LogP contribution in [0.25, 0.3) is 5.82 Å². The Morgan fingerprint density at radius 1 is 1.50 bits per heavy atom. The molecule has 2 rings (SSSR count). The van der Waals surface area contributed by atoms with Crippen molar-refractivity contribution in [1.29, 1.82) is 0 Å². The van der Waals surface area contributed by atoms with Gasteiger partial charge in [-0.15, -0.1) is 0 Å². The molecule has 9 heteroatoms. The van der Waals surface area contributed by atoms with E-state index in [1.165, 1.54) is 23.0 Å². The van der Waals surface area contributed by atoms with Crippen molar-refractivity contribution in [2.75, 3.05) is 0 Å². The van der Waals surface area contributed by atoms with Gasteiger partial charge in [0.25, 0.3) is 0 Å². The summed E-state index contributed by atoms with van der Waals surface area (Å²) < 4.78 is 1.24. The van der Waals surface area contributed by atoms with Crippen molar-refractivity contribution in [1.82, 2.24) is 14.5 Å². The Morgan fingerprint density at radius 3 is 2.78 bits per heavy atom. The Balaban J connectivity index is 2.47. The van der Waals surface area contributed by atoms with E-state index in [1.807, 2.05) is 0 Å². The Bertz CT molecular complexity index is 639. The molecular formula is C9H5ClN4O4. The van der Waals surface area contributed by atoms with E-state index >= 15 is 0 Å².